The number of carbonyl (C=O) groups is 1. The molecule has 0 aromatic carbocycles. The minimum absolute atomic E-state index is 0.0135. The van der Waals surface area contributed by atoms with Crippen LogP contribution in [0.3, 0.4) is 0 Å². The smallest absolute Gasteiger partial charge is 0.237 e. The van der Waals surface area contributed by atoms with Crippen molar-refractivity contribution in [3.63, 3.8) is 0 Å². The van der Waals surface area contributed by atoms with Crippen LogP contribution in [0.15, 0.2) is 0 Å². The monoisotopic (exact) mass is 212 g/mol. The van der Waals surface area contributed by atoms with Crippen molar-refractivity contribution in [3.8, 4) is 0 Å². The fourth-order valence-corrected chi connectivity index (χ4v) is 1.82. The zero-order valence-electron chi connectivity index (χ0n) is 10.4. The predicted molar refractivity (Wildman–Crippen MR) is 62.7 cm³/mol. The molecule has 88 valence electrons. The van der Waals surface area contributed by atoms with E-state index in [4.69, 9.17) is 0 Å². The van der Waals surface area contributed by atoms with Gasteiger partial charge < -0.3 is 10.6 Å². The molecule has 2 unspecified atom stereocenters. The highest BCUT2D eigenvalue weighted by atomic mass is 16.2. The average molecular weight is 212 g/mol. The third-order valence-corrected chi connectivity index (χ3v) is 3.33. The first kappa shape index (κ1) is 12.5. The molecule has 1 aliphatic rings. The molecule has 1 heterocycles. The Labute approximate surface area is 93.0 Å². The summed E-state index contributed by atoms with van der Waals surface area (Å²) in [6, 6.07) is 0.0135. The van der Waals surface area contributed by atoms with Crippen molar-refractivity contribution in [3.05, 3.63) is 0 Å². The van der Waals surface area contributed by atoms with Crippen molar-refractivity contribution in [2.45, 2.75) is 58.5 Å². The van der Waals surface area contributed by atoms with Gasteiger partial charge in [-0.2, -0.15) is 0 Å². The lowest BCUT2D eigenvalue weighted by atomic mass is 9.93. The first-order chi connectivity index (χ1) is 6.94. The van der Waals surface area contributed by atoms with Crippen LogP contribution in [0, 0.1) is 5.92 Å². The molecule has 1 fully saturated rings. The zero-order chi connectivity index (χ0) is 11.5. The van der Waals surface area contributed by atoms with Crippen LogP contribution < -0.4 is 10.6 Å². The van der Waals surface area contributed by atoms with Crippen molar-refractivity contribution in [2.75, 3.05) is 6.54 Å². The summed E-state index contributed by atoms with van der Waals surface area (Å²) in [7, 11) is 0. The van der Waals surface area contributed by atoms with Gasteiger partial charge in [0, 0.05) is 5.54 Å². The van der Waals surface area contributed by atoms with Gasteiger partial charge in [0.05, 0.1) is 6.04 Å². The van der Waals surface area contributed by atoms with Gasteiger partial charge in [0.1, 0.15) is 0 Å². The molecular weight excluding hydrogens is 188 g/mol. The van der Waals surface area contributed by atoms with Crippen LogP contribution in [0.4, 0.5) is 0 Å². The Morgan fingerprint density at radius 3 is 2.73 bits per heavy atom. The van der Waals surface area contributed by atoms with Crippen LogP contribution in [0.25, 0.3) is 0 Å². The molecule has 0 spiro atoms. The molecule has 3 nitrogen and oxygen atoms in total. The Morgan fingerprint density at radius 2 is 2.20 bits per heavy atom. The molecule has 0 bridgehead atoms. The summed E-state index contributed by atoms with van der Waals surface area (Å²) in [5, 5.41) is 6.38. The molecular formula is C12H24N2O. The van der Waals surface area contributed by atoms with E-state index in [1.54, 1.807) is 0 Å². The van der Waals surface area contributed by atoms with Crippen LogP contribution >= 0.6 is 0 Å². The quantitative estimate of drug-likeness (QED) is 0.747. The van der Waals surface area contributed by atoms with E-state index in [0.717, 1.165) is 19.4 Å². The van der Waals surface area contributed by atoms with E-state index in [2.05, 4.69) is 38.3 Å². The van der Waals surface area contributed by atoms with E-state index in [1.165, 1.54) is 6.42 Å². The molecule has 3 heteroatoms. The summed E-state index contributed by atoms with van der Waals surface area (Å²) in [5.74, 6) is 0.820. The summed E-state index contributed by atoms with van der Waals surface area (Å²) in [4.78, 5) is 11.9. The maximum absolute atomic E-state index is 11.9. The number of hydrogen-bond acceptors (Lipinski definition) is 2. The van der Waals surface area contributed by atoms with Crippen molar-refractivity contribution < 1.29 is 4.79 Å². The molecule has 2 N–H and O–H groups in total. The van der Waals surface area contributed by atoms with Gasteiger partial charge in [-0.15, -0.1) is 0 Å². The molecule has 0 aromatic rings. The number of hydrogen-bond donors (Lipinski definition) is 2. The summed E-state index contributed by atoms with van der Waals surface area (Å²) in [6.45, 7) is 9.41. The van der Waals surface area contributed by atoms with Crippen LogP contribution in [-0.2, 0) is 4.79 Å². The summed E-state index contributed by atoms with van der Waals surface area (Å²) >= 11 is 0. The first-order valence-corrected chi connectivity index (χ1v) is 6.00. The van der Waals surface area contributed by atoms with E-state index in [0.29, 0.717) is 5.92 Å². The zero-order valence-corrected chi connectivity index (χ0v) is 10.4. The van der Waals surface area contributed by atoms with Gasteiger partial charge >= 0.3 is 0 Å². The number of amides is 1. The van der Waals surface area contributed by atoms with E-state index in [1.807, 2.05) is 0 Å². The van der Waals surface area contributed by atoms with Gasteiger partial charge in [-0.25, -0.2) is 0 Å². The minimum Gasteiger partial charge on any atom is -0.350 e. The van der Waals surface area contributed by atoms with Gasteiger partial charge in [-0.3, -0.25) is 4.79 Å². The van der Waals surface area contributed by atoms with Gasteiger partial charge in [-0.05, 0) is 45.6 Å². The van der Waals surface area contributed by atoms with Crippen molar-refractivity contribution >= 4 is 5.91 Å². The Balaban J connectivity index is 2.46. The third kappa shape index (κ3) is 3.82. The second-order valence-corrected chi connectivity index (χ2v) is 5.36. The van der Waals surface area contributed by atoms with E-state index in [9.17, 15) is 4.79 Å². The fourth-order valence-electron chi connectivity index (χ4n) is 1.82. The minimum atomic E-state index is -0.0839. The molecule has 0 saturated carbocycles. The number of carbonyl (C=O) groups excluding carboxylic acids is 1. The van der Waals surface area contributed by atoms with Gasteiger partial charge in [0.15, 0.2) is 0 Å². The van der Waals surface area contributed by atoms with Gasteiger partial charge in [-0.1, -0.05) is 13.8 Å². The Kier molecular flexibility index (Phi) is 4.14. The molecule has 0 aromatic heterocycles. The van der Waals surface area contributed by atoms with Crippen LogP contribution in [0.5, 0.6) is 0 Å². The lowest BCUT2D eigenvalue weighted by molar-refractivity contribution is -0.125. The lowest BCUT2D eigenvalue weighted by Gasteiger charge is -2.31. The Hall–Kier alpha value is -0.570. The normalized spacial score (nSPS) is 27.5. The highest BCUT2D eigenvalue weighted by Gasteiger charge is 2.27. The van der Waals surface area contributed by atoms with Crippen molar-refractivity contribution in [2.24, 2.45) is 5.92 Å². The topological polar surface area (TPSA) is 41.1 Å². The average Bonchev–Trinajstić information content (AvgIpc) is 2.17. The highest BCUT2D eigenvalue weighted by molar-refractivity contribution is 5.82. The Bertz CT molecular complexity index is 226. The van der Waals surface area contributed by atoms with E-state index in [-0.39, 0.29) is 17.5 Å². The van der Waals surface area contributed by atoms with E-state index >= 15 is 0 Å². The summed E-state index contributed by atoms with van der Waals surface area (Å²) in [5.41, 5.74) is -0.0839. The molecule has 15 heavy (non-hydrogen) atoms. The number of rotatable bonds is 3. The molecule has 1 rings (SSSR count). The molecule has 0 aliphatic carbocycles. The van der Waals surface area contributed by atoms with Crippen LogP contribution in [-0.4, -0.2) is 24.0 Å². The fraction of sp³-hybridized carbons (Fsp3) is 0.917. The SMILES string of the molecule is CCC(C)(C)NC(=O)C1CC(C)CCN1. The second kappa shape index (κ2) is 4.97. The molecule has 1 saturated heterocycles. The van der Waals surface area contributed by atoms with Crippen LogP contribution in [0.2, 0.25) is 0 Å². The molecule has 2 atom stereocenters. The van der Waals surface area contributed by atoms with Gasteiger partial charge in [0.25, 0.3) is 0 Å². The van der Waals surface area contributed by atoms with Crippen molar-refractivity contribution in [1.82, 2.24) is 10.6 Å². The first-order valence-electron chi connectivity index (χ1n) is 6.00. The van der Waals surface area contributed by atoms with E-state index < -0.39 is 0 Å². The molecule has 0 radical (unpaired) electrons. The second-order valence-electron chi connectivity index (χ2n) is 5.36. The Morgan fingerprint density at radius 1 is 1.53 bits per heavy atom. The maximum Gasteiger partial charge on any atom is 0.237 e. The molecule has 1 amide bonds. The maximum atomic E-state index is 11.9. The third-order valence-electron chi connectivity index (χ3n) is 3.33. The summed E-state index contributed by atoms with van der Waals surface area (Å²) in [6.07, 6.45) is 3.10. The number of nitrogens with one attached hydrogen (secondary N) is 2. The summed E-state index contributed by atoms with van der Waals surface area (Å²) < 4.78 is 0. The van der Waals surface area contributed by atoms with Gasteiger partial charge in [0.2, 0.25) is 5.91 Å². The number of piperidine rings is 1. The largest absolute Gasteiger partial charge is 0.350 e. The highest BCUT2D eigenvalue weighted by Crippen LogP contribution is 2.16. The van der Waals surface area contributed by atoms with Crippen LogP contribution in [0.1, 0.15) is 47.0 Å². The van der Waals surface area contributed by atoms with Crippen molar-refractivity contribution in [1.29, 1.82) is 0 Å². The predicted octanol–water partition coefficient (Wildman–Crippen LogP) is 1.68. The standard InChI is InChI=1S/C12H24N2O/c1-5-12(3,4)14-11(15)10-8-9(2)6-7-13-10/h9-10,13H,5-8H2,1-4H3,(H,14,15). The lowest BCUT2D eigenvalue weighted by Crippen LogP contribution is -2.54. The molecule has 1 aliphatic heterocycles.